The summed E-state index contributed by atoms with van der Waals surface area (Å²) in [5.74, 6) is 0.632. The molecule has 162 valence electrons. The first-order valence-electron chi connectivity index (χ1n) is 10.8. The molecule has 2 heterocycles. The van der Waals surface area contributed by atoms with Gasteiger partial charge < -0.3 is 9.64 Å². The minimum absolute atomic E-state index is 0.0604. The van der Waals surface area contributed by atoms with Crippen molar-refractivity contribution in [2.75, 3.05) is 4.90 Å². The van der Waals surface area contributed by atoms with Crippen molar-refractivity contribution >= 4 is 22.9 Å². The number of nitriles is 1. The Bertz CT molecular complexity index is 1340. The Balaban J connectivity index is 1.51. The number of hydrogen-bond acceptors (Lipinski definition) is 5. The van der Waals surface area contributed by atoms with Crippen LogP contribution in [-0.4, -0.2) is 17.0 Å². The molecular formula is C27H21N3O2S. The van der Waals surface area contributed by atoms with Crippen molar-refractivity contribution < 1.29 is 9.53 Å². The van der Waals surface area contributed by atoms with Crippen LogP contribution in [0.15, 0.2) is 78.2 Å². The van der Waals surface area contributed by atoms with Gasteiger partial charge in [-0.05, 0) is 42.3 Å². The maximum absolute atomic E-state index is 13.2. The first-order chi connectivity index (χ1) is 16.2. The molecule has 3 aromatic carbocycles. The second-order valence-electron chi connectivity index (χ2n) is 7.83. The summed E-state index contributed by atoms with van der Waals surface area (Å²) in [6.45, 7) is 2.36. The van der Waals surface area contributed by atoms with Crippen LogP contribution in [0.2, 0.25) is 0 Å². The second kappa shape index (κ2) is 8.89. The van der Waals surface area contributed by atoms with Gasteiger partial charge in [-0.25, -0.2) is 4.98 Å². The number of benzene rings is 3. The van der Waals surface area contributed by atoms with E-state index in [4.69, 9.17) is 15.0 Å². The fourth-order valence-corrected chi connectivity index (χ4v) is 4.73. The molecule has 5 nitrogen and oxygen atoms in total. The summed E-state index contributed by atoms with van der Waals surface area (Å²) in [5, 5.41) is 12.1. The second-order valence-corrected chi connectivity index (χ2v) is 8.69. The highest BCUT2D eigenvalue weighted by Crippen LogP contribution is 2.39. The highest BCUT2D eigenvalue weighted by molar-refractivity contribution is 7.13. The molecular weight excluding hydrogens is 430 g/mol. The van der Waals surface area contributed by atoms with Crippen molar-refractivity contribution in [1.29, 1.82) is 5.26 Å². The summed E-state index contributed by atoms with van der Waals surface area (Å²) in [6, 6.07) is 25.4. The molecule has 0 aliphatic carbocycles. The van der Waals surface area contributed by atoms with E-state index in [1.165, 1.54) is 0 Å². The van der Waals surface area contributed by atoms with Gasteiger partial charge in [0, 0.05) is 16.5 Å². The van der Waals surface area contributed by atoms with Crippen molar-refractivity contribution in [3.63, 3.8) is 0 Å². The molecule has 0 saturated carbocycles. The Morgan fingerprint density at radius 2 is 1.85 bits per heavy atom. The van der Waals surface area contributed by atoms with Crippen LogP contribution in [0.1, 0.15) is 24.5 Å². The standard InChI is InChI=1S/C27H21N3O2S/c1-2-24-27(31)30(16-19-10-8-18(15-28)9-11-19)23-14-21(12-13-25(23)32-24)22-17-33-26(29-22)20-6-4-3-5-7-20/h3-14,17,24H,2,16H2,1H3. The average molecular weight is 452 g/mol. The summed E-state index contributed by atoms with van der Waals surface area (Å²) in [7, 11) is 0. The number of carbonyl (C=O) groups is 1. The van der Waals surface area contributed by atoms with Crippen LogP contribution in [0.3, 0.4) is 0 Å². The minimum atomic E-state index is -0.509. The molecule has 0 bridgehead atoms. The van der Waals surface area contributed by atoms with Crippen LogP contribution < -0.4 is 9.64 Å². The molecule has 33 heavy (non-hydrogen) atoms. The lowest BCUT2D eigenvalue weighted by Crippen LogP contribution is -2.45. The molecule has 5 rings (SSSR count). The van der Waals surface area contributed by atoms with Crippen molar-refractivity contribution in [2.24, 2.45) is 0 Å². The van der Waals surface area contributed by atoms with Gasteiger partial charge in [0.2, 0.25) is 0 Å². The number of anilines is 1. The molecule has 1 aromatic heterocycles. The van der Waals surface area contributed by atoms with Gasteiger partial charge in [0.25, 0.3) is 5.91 Å². The van der Waals surface area contributed by atoms with Gasteiger partial charge in [-0.1, -0.05) is 49.4 Å². The Morgan fingerprint density at radius 3 is 2.58 bits per heavy atom. The van der Waals surface area contributed by atoms with E-state index in [0.29, 0.717) is 24.3 Å². The zero-order chi connectivity index (χ0) is 22.8. The fraction of sp³-hybridized carbons (Fsp3) is 0.148. The van der Waals surface area contributed by atoms with E-state index in [1.807, 2.05) is 73.0 Å². The van der Waals surface area contributed by atoms with E-state index in [1.54, 1.807) is 28.4 Å². The van der Waals surface area contributed by atoms with Crippen LogP contribution in [-0.2, 0) is 11.3 Å². The Labute approximate surface area is 196 Å². The average Bonchev–Trinajstić information content (AvgIpc) is 3.37. The van der Waals surface area contributed by atoms with Gasteiger partial charge in [-0.3, -0.25) is 4.79 Å². The monoisotopic (exact) mass is 451 g/mol. The number of ether oxygens (including phenoxy) is 1. The molecule has 1 aliphatic rings. The molecule has 0 fully saturated rings. The number of thiazole rings is 1. The highest BCUT2D eigenvalue weighted by atomic mass is 32.1. The molecule has 1 aliphatic heterocycles. The number of amides is 1. The summed E-state index contributed by atoms with van der Waals surface area (Å²) < 4.78 is 6.01. The SMILES string of the molecule is CCC1Oc2ccc(-c3csc(-c4ccccc4)n3)cc2N(Cc2ccc(C#N)cc2)C1=O. The predicted molar refractivity (Wildman–Crippen MR) is 130 cm³/mol. The maximum Gasteiger partial charge on any atom is 0.268 e. The molecule has 1 atom stereocenters. The van der Waals surface area contributed by atoms with E-state index in [2.05, 4.69) is 6.07 Å². The molecule has 4 aromatic rings. The summed E-state index contributed by atoms with van der Waals surface area (Å²) >= 11 is 1.60. The van der Waals surface area contributed by atoms with Crippen LogP contribution in [0.5, 0.6) is 5.75 Å². The third-order valence-corrected chi connectivity index (χ3v) is 6.57. The van der Waals surface area contributed by atoms with Crippen LogP contribution in [0.25, 0.3) is 21.8 Å². The van der Waals surface area contributed by atoms with Gasteiger partial charge in [0.05, 0.1) is 29.6 Å². The summed E-state index contributed by atoms with van der Waals surface area (Å²) in [5.41, 5.74) is 5.17. The largest absolute Gasteiger partial charge is 0.478 e. The van der Waals surface area contributed by atoms with E-state index < -0.39 is 6.10 Å². The quantitative estimate of drug-likeness (QED) is 0.370. The zero-order valence-electron chi connectivity index (χ0n) is 18.1. The van der Waals surface area contributed by atoms with E-state index in [-0.39, 0.29) is 5.91 Å². The fourth-order valence-electron chi connectivity index (χ4n) is 3.89. The number of carbonyl (C=O) groups excluding carboxylic acids is 1. The molecule has 0 N–H and O–H groups in total. The number of fused-ring (bicyclic) bond motifs is 1. The Morgan fingerprint density at radius 1 is 1.06 bits per heavy atom. The number of rotatable bonds is 5. The maximum atomic E-state index is 13.2. The first kappa shape index (κ1) is 20.9. The van der Waals surface area contributed by atoms with E-state index >= 15 is 0 Å². The Hall–Kier alpha value is -3.95. The zero-order valence-corrected chi connectivity index (χ0v) is 18.9. The minimum Gasteiger partial charge on any atom is -0.478 e. The van der Waals surface area contributed by atoms with Crippen molar-refractivity contribution in [2.45, 2.75) is 26.0 Å². The van der Waals surface area contributed by atoms with Crippen LogP contribution in [0.4, 0.5) is 5.69 Å². The lowest BCUT2D eigenvalue weighted by atomic mass is 10.1. The van der Waals surface area contributed by atoms with E-state index in [0.717, 1.165) is 33.1 Å². The normalized spacial score (nSPS) is 15.0. The third-order valence-electron chi connectivity index (χ3n) is 5.68. The molecule has 1 unspecified atom stereocenters. The lowest BCUT2D eigenvalue weighted by Gasteiger charge is -2.34. The van der Waals surface area contributed by atoms with Crippen LogP contribution >= 0.6 is 11.3 Å². The third kappa shape index (κ3) is 4.11. The number of aromatic nitrogens is 1. The number of hydrogen-bond donors (Lipinski definition) is 0. The van der Waals surface area contributed by atoms with Crippen molar-refractivity contribution in [3.05, 3.63) is 89.3 Å². The van der Waals surface area contributed by atoms with Gasteiger partial charge in [-0.2, -0.15) is 5.26 Å². The first-order valence-corrected chi connectivity index (χ1v) is 11.7. The molecule has 0 spiro atoms. The van der Waals surface area contributed by atoms with Crippen molar-refractivity contribution in [1.82, 2.24) is 4.98 Å². The van der Waals surface area contributed by atoms with Gasteiger partial charge in [0.15, 0.2) is 6.10 Å². The Kier molecular flexibility index (Phi) is 5.64. The van der Waals surface area contributed by atoms with Crippen LogP contribution in [0, 0.1) is 11.3 Å². The molecule has 0 radical (unpaired) electrons. The molecule has 1 amide bonds. The summed E-state index contributed by atoms with van der Waals surface area (Å²) in [4.78, 5) is 19.8. The van der Waals surface area contributed by atoms with Gasteiger partial charge in [-0.15, -0.1) is 11.3 Å². The highest BCUT2D eigenvalue weighted by Gasteiger charge is 2.33. The topological polar surface area (TPSA) is 66.2 Å². The predicted octanol–water partition coefficient (Wildman–Crippen LogP) is 6.05. The lowest BCUT2D eigenvalue weighted by molar-refractivity contribution is -0.126. The summed E-state index contributed by atoms with van der Waals surface area (Å²) in [6.07, 6.45) is 0.0850. The van der Waals surface area contributed by atoms with Crippen molar-refractivity contribution in [3.8, 4) is 33.6 Å². The number of nitrogens with zero attached hydrogens (tertiary/aromatic N) is 3. The van der Waals surface area contributed by atoms with E-state index in [9.17, 15) is 4.79 Å². The molecule has 6 heteroatoms. The van der Waals surface area contributed by atoms with Gasteiger partial charge in [0.1, 0.15) is 10.8 Å². The van der Waals surface area contributed by atoms with Gasteiger partial charge >= 0.3 is 0 Å². The smallest absolute Gasteiger partial charge is 0.268 e. The molecule has 0 saturated heterocycles.